The number of aliphatic hydroxyl groups is 3. The number of halogens is 1. The molecule has 0 fully saturated rings. The van der Waals surface area contributed by atoms with Gasteiger partial charge in [-0.3, -0.25) is 0 Å². The van der Waals surface area contributed by atoms with Gasteiger partial charge in [-0.25, -0.2) is 0 Å². The maximum atomic E-state index is 8.96. The van der Waals surface area contributed by atoms with Crippen molar-refractivity contribution in [2.24, 2.45) is 0 Å². The van der Waals surface area contributed by atoms with Crippen molar-refractivity contribution in [1.82, 2.24) is 0 Å². The highest BCUT2D eigenvalue weighted by Crippen LogP contribution is 2.03. The summed E-state index contributed by atoms with van der Waals surface area (Å²) in [4.78, 5) is 0. The molecular weight excluding hydrogens is 156 g/mol. The number of aliphatic hydroxyl groups excluding tert-OH is 3. The van der Waals surface area contributed by atoms with Crippen molar-refractivity contribution in [1.29, 1.82) is 0 Å². The highest BCUT2D eigenvalue weighted by atomic mass is 35.5. The Morgan fingerprint density at radius 2 is 1.80 bits per heavy atom. The Labute approximate surface area is 65.2 Å². The van der Waals surface area contributed by atoms with Gasteiger partial charge in [0.2, 0.25) is 0 Å². The zero-order valence-corrected chi connectivity index (χ0v) is 6.62. The predicted octanol–water partition coefficient (Wildman–Crippen LogP) is -0.282. The van der Waals surface area contributed by atoms with Gasteiger partial charge in [-0.1, -0.05) is 0 Å². The molecule has 0 aromatic rings. The lowest BCUT2D eigenvalue weighted by Crippen LogP contribution is -2.28. The summed E-state index contributed by atoms with van der Waals surface area (Å²) in [6.45, 7) is 1.46. The molecule has 62 valence electrons. The van der Waals surface area contributed by atoms with Crippen LogP contribution in [0.25, 0.3) is 0 Å². The van der Waals surface area contributed by atoms with E-state index < -0.39 is 18.3 Å². The van der Waals surface area contributed by atoms with Crippen LogP contribution < -0.4 is 0 Å². The van der Waals surface area contributed by atoms with E-state index in [1.807, 2.05) is 0 Å². The summed E-state index contributed by atoms with van der Waals surface area (Å²) in [6, 6.07) is 0. The van der Waals surface area contributed by atoms with Crippen LogP contribution in [0, 0.1) is 0 Å². The monoisotopic (exact) mass is 168 g/mol. The Hall–Kier alpha value is 0.170. The van der Waals surface area contributed by atoms with Crippen LogP contribution >= 0.6 is 11.6 Å². The second kappa shape index (κ2) is 4.91. The number of hydrogen-bond acceptors (Lipinski definition) is 3. The molecule has 0 aromatic carbocycles. The molecule has 4 heteroatoms. The third-order valence-corrected chi connectivity index (χ3v) is 1.60. The van der Waals surface area contributed by atoms with Gasteiger partial charge in [0.05, 0.1) is 18.3 Å². The van der Waals surface area contributed by atoms with Crippen molar-refractivity contribution < 1.29 is 15.3 Å². The van der Waals surface area contributed by atoms with Crippen molar-refractivity contribution in [3.63, 3.8) is 0 Å². The van der Waals surface area contributed by atoms with E-state index in [-0.39, 0.29) is 12.3 Å². The molecule has 0 aliphatic rings. The van der Waals surface area contributed by atoms with Crippen LogP contribution in [0.15, 0.2) is 0 Å². The molecule has 0 rings (SSSR count). The quantitative estimate of drug-likeness (QED) is 0.506. The second-order valence-corrected chi connectivity index (χ2v) is 2.66. The zero-order chi connectivity index (χ0) is 8.15. The second-order valence-electron chi connectivity index (χ2n) is 2.35. The van der Waals surface area contributed by atoms with Gasteiger partial charge in [0.25, 0.3) is 0 Å². The lowest BCUT2D eigenvalue weighted by atomic mass is 10.1. The van der Waals surface area contributed by atoms with Crippen LogP contribution in [0.2, 0.25) is 0 Å². The Morgan fingerprint density at radius 3 is 2.10 bits per heavy atom. The van der Waals surface area contributed by atoms with Crippen LogP contribution in [0.4, 0.5) is 0 Å². The molecular formula is C6H13ClO3. The van der Waals surface area contributed by atoms with Crippen LogP contribution in [-0.4, -0.2) is 39.5 Å². The Morgan fingerprint density at radius 1 is 1.30 bits per heavy atom. The van der Waals surface area contributed by atoms with Crippen molar-refractivity contribution in [2.75, 3.05) is 5.88 Å². The Kier molecular flexibility index (Phi) is 4.99. The minimum Gasteiger partial charge on any atom is -0.392 e. The molecule has 0 aliphatic heterocycles. The summed E-state index contributed by atoms with van der Waals surface area (Å²) < 4.78 is 0. The topological polar surface area (TPSA) is 60.7 Å². The molecule has 10 heavy (non-hydrogen) atoms. The lowest BCUT2D eigenvalue weighted by Gasteiger charge is -2.15. The van der Waals surface area contributed by atoms with Gasteiger partial charge in [0, 0.05) is 12.3 Å². The van der Waals surface area contributed by atoms with E-state index in [0.29, 0.717) is 0 Å². The van der Waals surface area contributed by atoms with Crippen molar-refractivity contribution in [3.8, 4) is 0 Å². The molecule has 3 nitrogen and oxygen atoms in total. The molecule has 0 heterocycles. The standard InChI is InChI=1S/C6H13ClO3/c1-4(8)6(10)2-5(9)3-7/h4-6,8-10H,2-3H2,1H3/t4-,5+,6-/m0/s1. The summed E-state index contributed by atoms with van der Waals surface area (Å²) >= 11 is 5.26. The lowest BCUT2D eigenvalue weighted by molar-refractivity contribution is 0.00148. The van der Waals surface area contributed by atoms with E-state index in [0.717, 1.165) is 0 Å². The molecule has 0 saturated heterocycles. The summed E-state index contributed by atoms with van der Waals surface area (Å²) in [5.41, 5.74) is 0. The number of rotatable bonds is 4. The molecule has 3 N–H and O–H groups in total. The fraction of sp³-hybridized carbons (Fsp3) is 1.00. The van der Waals surface area contributed by atoms with Gasteiger partial charge in [-0.15, -0.1) is 11.6 Å². The van der Waals surface area contributed by atoms with Gasteiger partial charge < -0.3 is 15.3 Å². The Bertz CT molecular complexity index is 87.1. The van der Waals surface area contributed by atoms with Gasteiger partial charge >= 0.3 is 0 Å². The first-order valence-corrected chi connectivity index (χ1v) is 3.71. The molecule has 3 atom stereocenters. The summed E-state index contributed by atoms with van der Waals surface area (Å²) in [5.74, 6) is 0.0871. The van der Waals surface area contributed by atoms with Crippen molar-refractivity contribution in [2.45, 2.75) is 31.7 Å². The first-order chi connectivity index (χ1) is 4.57. The van der Waals surface area contributed by atoms with Crippen LogP contribution in [-0.2, 0) is 0 Å². The average Bonchev–Trinajstić information content (AvgIpc) is 1.87. The van der Waals surface area contributed by atoms with Gasteiger partial charge in [-0.05, 0) is 6.92 Å². The maximum Gasteiger partial charge on any atom is 0.0821 e. The molecule has 0 bridgehead atoms. The highest BCUT2D eigenvalue weighted by molar-refractivity contribution is 6.18. The average molecular weight is 169 g/mol. The summed E-state index contributed by atoms with van der Waals surface area (Å²) in [7, 11) is 0. The Balaban J connectivity index is 3.46. The van der Waals surface area contributed by atoms with E-state index in [9.17, 15) is 0 Å². The minimum absolute atomic E-state index is 0.0871. The van der Waals surface area contributed by atoms with Crippen molar-refractivity contribution in [3.05, 3.63) is 0 Å². The van der Waals surface area contributed by atoms with E-state index >= 15 is 0 Å². The van der Waals surface area contributed by atoms with E-state index in [1.54, 1.807) is 0 Å². The van der Waals surface area contributed by atoms with E-state index in [4.69, 9.17) is 26.9 Å². The van der Waals surface area contributed by atoms with Crippen LogP contribution in [0.1, 0.15) is 13.3 Å². The largest absolute Gasteiger partial charge is 0.392 e. The molecule has 0 amide bonds. The minimum atomic E-state index is -0.881. The number of hydrogen-bond donors (Lipinski definition) is 3. The predicted molar refractivity (Wildman–Crippen MR) is 39.0 cm³/mol. The zero-order valence-electron chi connectivity index (χ0n) is 5.87. The number of alkyl halides is 1. The fourth-order valence-electron chi connectivity index (χ4n) is 0.539. The molecule has 0 saturated carbocycles. The first kappa shape index (κ1) is 10.2. The molecule has 0 unspecified atom stereocenters. The molecule has 0 radical (unpaired) electrons. The van der Waals surface area contributed by atoms with Gasteiger partial charge in [0.1, 0.15) is 0 Å². The van der Waals surface area contributed by atoms with E-state index in [1.165, 1.54) is 6.92 Å². The van der Waals surface area contributed by atoms with Crippen molar-refractivity contribution >= 4 is 11.6 Å². The molecule has 0 spiro atoms. The molecule has 0 aliphatic carbocycles. The van der Waals surface area contributed by atoms with E-state index in [2.05, 4.69) is 0 Å². The van der Waals surface area contributed by atoms with Gasteiger partial charge in [0.15, 0.2) is 0 Å². The third kappa shape index (κ3) is 4.06. The highest BCUT2D eigenvalue weighted by Gasteiger charge is 2.14. The fourth-order valence-corrected chi connectivity index (χ4v) is 0.665. The summed E-state index contributed by atoms with van der Waals surface area (Å²) in [5, 5.41) is 26.6. The smallest absolute Gasteiger partial charge is 0.0821 e. The van der Waals surface area contributed by atoms with Crippen LogP contribution in [0.3, 0.4) is 0 Å². The third-order valence-electron chi connectivity index (χ3n) is 1.25. The summed E-state index contributed by atoms with van der Waals surface area (Å²) in [6.07, 6.45) is -2.29. The normalized spacial score (nSPS) is 20.1. The first-order valence-electron chi connectivity index (χ1n) is 3.18. The SMILES string of the molecule is C[C@H](O)[C@@H](O)C[C@@H](O)CCl. The van der Waals surface area contributed by atoms with Gasteiger partial charge in [-0.2, -0.15) is 0 Å². The maximum absolute atomic E-state index is 8.96. The molecule has 0 aromatic heterocycles. The van der Waals surface area contributed by atoms with Crippen LogP contribution in [0.5, 0.6) is 0 Å².